The number of carboxylic acids is 1. The van der Waals surface area contributed by atoms with Gasteiger partial charge < -0.3 is 31.1 Å². The van der Waals surface area contributed by atoms with E-state index in [4.69, 9.17) is 10.5 Å². The van der Waals surface area contributed by atoms with Gasteiger partial charge in [0.1, 0.15) is 10.7 Å². The van der Waals surface area contributed by atoms with Crippen molar-refractivity contribution in [2.45, 2.75) is 150 Å². The molecule has 63 heavy (non-hydrogen) atoms. The summed E-state index contributed by atoms with van der Waals surface area (Å²) in [6.07, 6.45) is 8.54. The van der Waals surface area contributed by atoms with Crippen LogP contribution in [0, 0.1) is 23.2 Å². The van der Waals surface area contributed by atoms with Gasteiger partial charge >= 0.3 is 11.9 Å². The van der Waals surface area contributed by atoms with Crippen molar-refractivity contribution in [3.63, 3.8) is 0 Å². The van der Waals surface area contributed by atoms with Gasteiger partial charge in [-0.3, -0.25) is 33.7 Å². The molecule has 0 spiro atoms. The molecule has 0 radical (unpaired) electrons. The Kier molecular flexibility index (Phi) is 21.4. The Bertz CT molecular complexity index is 1850. The predicted molar refractivity (Wildman–Crippen MR) is 248 cm³/mol. The molecule has 4 amide bonds. The molecule has 5 N–H and O–H groups in total. The first-order valence-corrected chi connectivity index (χ1v) is 23.5. The number of carbonyl (C=O) groups is 6. The first-order chi connectivity index (χ1) is 29.8. The number of nitrogens with one attached hydrogen (secondary N) is 2. The number of benzene rings is 1. The molecule has 2 heterocycles. The van der Waals surface area contributed by atoms with Gasteiger partial charge in [-0.25, -0.2) is 9.98 Å². The average molecular weight is 896 g/mol. The van der Waals surface area contributed by atoms with E-state index in [1.165, 1.54) is 18.3 Å². The maximum Gasteiger partial charge on any atom is 0.309 e. The van der Waals surface area contributed by atoms with Crippen molar-refractivity contribution in [3.8, 4) is 0 Å². The fourth-order valence-corrected chi connectivity index (χ4v) is 8.80. The van der Waals surface area contributed by atoms with Crippen molar-refractivity contribution >= 4 is 58.8 Å². The minimum absolute atomic E-state index is 0.0256. The Balaban J connectivity index is 1.93. The van der Waals surface area contributed by atoms with Crippen LogP contribution in [-0.4, -0.2) is 106 Å². The number of rotatable bonds is 26. The quantitative estimate of drug-likeness (QED) is 0.0427. The van der Waals surface area contributed by atoms with E-state index in [1.54, 1.807) is 37.6 Å². The number of esters is 1. The van der Waals surface area contributed by atoms with E-state index in [1.807, 2.05) is 56.7 Å². The molecule has 2 aromatic rings. The lowest BCUT2D eigenvalue weighted by Gasteiger charge is -2.38. The lowest BCUT2D eigenvalue weighted by atomic mass is 9.84. The Hall–Kier alpha value is -4.70. The van der Waals surface area contributed by atoms with Gasteiger partial charge in [0, 0.05) is 49.3 Å². The Labute approximate surface area is 378 Å². The van der Waals surface area contributed by atoms with Crippen LogP contribution in [-0.2, 0) is 35.1 Å². The summed E-state index contributed by atoms with van der Waals surface area (Å²) in [6, 6.07) is 5.93. The maximum atomic E-state index is 14.9. The molecule has 1 fully saturated rings. The largest absolute Gasteiger partial charge is 0.481 e. The SMILES string of the molecule is CCCCCCN(C(=O)C(/C=N/C(=O)[C@H]1CCCCN1C)[C@@H](C)CC)[C@H](C[C@@H](OC(C)=O)c1nc(C(=O)NC(Cc2ccc(NCC(N)=O)cc2)CC(C)(C)C(=O)O)cs1)C(C)C. The average Bonchev–Trinajstić information content (AvgIpc) is 3.73. The molecule has 3 rings (SSSR count). The number of aromatic nitrogens is 1. The summed E-state index contributed by atoms with van der Waals surface area (Å²) in [6.45, 7) is 16.0. The zero-order valence-electron chi connectivity index (χ0n) is 39.0. The van der Waals surface area contributed by atoms with E-state index in [2.05, 4.69) is 27.5 Å². The van der Waals surface area contributed by atoms with Crippen molar-refractivity contribution in [3.05, 3.63) is 45.9 Å². The zero-order chi connectivity index (χ0) is 46.9. The van der Waals surface area contributed by atoms with Gasteiger partial charge in [-0.2, -0.15) is 0 Å². The van der Waals surface area contributed by atoms with Gasteiger partial charge in [-0.1, -0.05) is 78.9 Å². The normalized spacial score (nSPS) is 17.1. The summed E-state index contributed by atoms with van der Waals surface area (Å²) in [5, 5.41) is 17.9. The molecular weight excluding hydrogens is 823 g/mol. The van der Waals surface area contributed by atoms with Crippen LogP contribution < -0.4 is 16.4 Å². The van der Waals surface area contributed by atoms with E-state index in [0.29, 0.717) is 30.1 Å². The van der Waals surface area contributed by atoms with Gasteiger partial charge in [0.15, 0.2) is 6.10 Å². The van der Waals surface area contributed by atoms with Gasteiger partial charge in [0.05, 0.1) is 23.9 Å². The molecule has 2 unspecified atom stereocenters. The number of hydrogen-bond acceptors (Lipinski definition) is 11. The Morgan fingerprint density at radius 3 is 2.37 bits per heavy atom. The molecule has 16 heteroatoms. The fourth-order valence-electron chi connectivity index (χ4n) is 7.96. The molecule has 1 saturated heterocycles. The zero-order valence-corrected chi connectivity index (χ0v) is 39.8. The third kappa shape index (κ3) is 16.7. The molecule has 1 aliphatic rings. The number of likely N-dealkylation sites (tertiary alicyclic amines) is 1. The number of nitrogens with two attached hydrogens (primary N) is 1. The topological polar surface area (TPSA) is 214 Å². The van der Waals surface area contributed by atoms with Crippen molar-refractivity contribution in [1.29, 1.82) is 0 Å². The summed E-state index contributed by atoms with van der Waals surface area (Å²) in [5.74, 6) is -3.71. The summed E-state index contributed by atoms with van der Waals surface area (Å²) in [7, 11) is 1.94. The summed E-state index contributed by atoms with van der Waals surface area (Å²) >= 11 is 1.17. The number of anilines is 1. The summed E-state index contributed by atoms with van der Waals surface area (Å²) in [4.78, 5) is 91.2. The van der Waals surface area contributed by atoms with Crippen molar-refractivity contribution in [2.75, 3.05) is 32.0 Å². The van der Waals surface area contributed by atoms with Gasteiger partial charge in [-0.05, 0) is 89.1 Å². The van der Waals surface area contributed by atoms with Gasteiger partial charge in [0.2, 0.25) is 11.8 Å². The lowest BCUT2D eigenvalue weighted by molar-refractivity contribution is -0.149. The number of aliphatic carboxylic acids is 1. The number of likely N-dealkylation sites (N-methyl/N-ethyl adjacent to an activating group) is 1. The van der Waals surface area contributed by atoms with E-state index in [9.17, 15) is 33.9 Å². The van der Waals surface area contributed by atoms with E-state index < -0.39 is 53.3 Å². The number of hydrogen-bond donors (Lipinski definition) is 4. The monoisotopic (exact) mass is 896 g/mol. The molecule has 15 nitrogen and oxygen atoms in total. The third-order valence-electron chi connectivity index (χ3n) is 12.0. The predicted octanol–water partition coefficient (Wildman–Crippen LogP) is 7.05. The Morgan fingerprint density at radius 1 is 1.08 bits per heavy atom. The second kappa shape index (κ2) is 25.6. The van der Waals surface area contributed by atoms with E-state index in [-0.39, 0.29) is 54.8 Å². The number of piperidine rings is 1. The molecule has 0 bridgehead atoms. The van der Waals surface area contributed by atoms with Crippen LogP contribution in [0.4, 0.5) is 5.69 Å². The molecule has 350 valence electrons. The molecule has 6 atom stereocenters. The minimum atomic E-state index is -1.16. The number of thiazole rings is 1. The first-order valence-electron chi connectivity index (χ1n) is 22.6. The number of primary amides is 1. The van der Waals surface area contributed by atoms with Crippen LogP contribution in [0.3, 0.4) is 0 Å². The fraction of sp³-hybridized carbons (Fsp3) is 0.660. The van der Waals surface area contributed by atoms with E-state index in [0.717, 1.165) is 57.1 Å². The van der Waals surface area contributed by atoms with Crippen molar-refractivity contribution in [1.82, 2.24) is 20.1 Å². The number of carbonyl (C=O) groups excluding carboxylic acids is 5. The highest BCUT2D eigenvalue weighted by Crippen LogP contribution is 2.33. The molecule has 1 aromatic carbocycles. The van der Waals surface area contributed by atoms with Crippen molar-refractivity contribution < 1.29 is 38.6 Å². The standard InChI is InChI=1S/C47H73N7O8S/c1-10-12-13-15-23-54(45(59)36(31(5)11-2)27-50-43(58)38-17-14-16-22-53(38)9)39(30(3)4)25-40(62-32(6)55)44-52-37(29-63-44)42(57)51-35(26-47(7,8)46(60)61)24-33-18-20-34(21-19-33)49-28-41(48)56/h18-21,27,29-31,35-36,38-40,49H,10-17,22-26,28H2,1-9H3,(H2,48,56)(H,51,57)(H,60,61)/b50-27+/t31-,35?,36?,38+,39+,40+/m0/s1. The molecule has 0 saturated carbocycles. The third-order valence-corrected chi connectivity index (χ3v) is 13.0. The second-order valence-electron chi connectivity index (χ2n) is 18.1. The highest BCUT2D eigenvalue weighted by Gasteiger charge is 2.37. The summed E-state index contributed by atoms with van der Waals surface area (Å²) in [5.41, 5.74) is 5.69. The first kappa shape index (κ1) is 52.6. The molecule has 1 aromatic heterocycles. The van der Waals surface area contributed by atoms with Gasteiger partial charge in [0.25, 0.3) is 11.8 Å². The molecule has 0 aliphatic carbocycles. The number of ether oxygens (including phenoxy) is 1. The highest BCUT2D eigenvalue weighted by atomic mass is 32.1. The van der Waals surface area contributed by atoms with Crippen LogP contribution in [0.2, 0.25) is 0 Å². The van der Waals surface area contributed by atoms with Crippen LogP contribution >= 0.6 is 11.3 Å². The van der Waals surface area contributed by atoms with Crippen LogP contribution in [0.15, 0.2) is 34.6 Å². The second-order valence-corrected chi connectivity index (χ2v) is 19.0. The number of nitrogens with zero attached hydrogens (tertiary/aromatic N) is 4. The van der Waals surface area contributed by atoms with E-state index >= 15 is 0 Å². The molecule has 1 aliphatic heterocycles. The van der Waals surface area contributed by atoms with Gasteiger partial charge in [-0.15, -0.1) is 11.3 Å². The number of amides is 4. The maximum absolute atomic E-state index is 14.9. The Morgan fingerprint density at radius 2 is 1.78 bits per heavy atom. The number of unbranched alkanes of at least 4 members (excludes halogenated alkanes) is 3. The van der Waals surface area contributed by atoms with Crippen LogP contribution in [0.25, 0.3) is 0 Å². The number of carboxylic acid groups (broad SMARTS) is 1. The van der Waals surface area contributed by atoms with Crippen LogP contribution in [0.1, 0.15) is 147 Å². The lowest BCUT2D eigenvalue weighted by Crippen LogP contribution is -2.49. The number of aliphatic imine (C=N–C) groups is 1. The van der Waals surface area contributed by atoms with Crippen molar-refractivity contribution in [2.24, 2.45) is 33.9 Å². The summed E-state index contributed by atoms with van der Waals surface area (Å²) < 4.78 is 5.93. The minimum Gasteiger partial charge on any atom is -0.481 e. The van der Waals surface area contributed by atoms with Crippen LogP contribution in [0.5, 0.6) is 0 Å². The highest BCUT2D eigenvalue weighted by molar-refractivity contribution is 7.09. The smallest absolute Gasteiger partial charge is 0.309 e. The molecular formula is C47H73N7O8S.